The first-order valence-electron chi connectivity index (χ1n) is 6.53. The Morgan fingerprint density at radius 3 is 2.41 bits per heavy atom. The van der Waals surface area contributed by atoms with Crippen molar-refractivity contribution in [3.8, 4) is 0 Å². The van der Waals surface area contributed by atoms with Gasteiger partial charge in [-0.05, 0) is 39.3 Å². The van der Waals surface area contributed by atoms with E-state index in [0.717, 1.165) is 19.5 Å². The second kappa shape index (κ2) is 7.31. The van der Waals surface area contributed by atoms with Crippen LogP contribution in [0.25, 0.3) is 0 Å². The molecule has 0 aromatic carbocycles. The van der Waals surface area contributed by atoms with Crippen molar-refractivity contribution in [3.63, 3.8) is 0 Å². The van der Waals surface area contributed by atoms with E-state index in [1.54, 1.807) is 0 Å². The highest BCUT2D eigenvalue weighted by molar-refractivity contribution is 7.87. The summed E-state index contributed by atoms with van der Waals surface area (Å²) in [7, 11) is -3.30. The minimum absolute atomic E-state index is 0.272. The van der Waals surface area contributed by atoms with Crippen LogP contribution in [0.4, 0.5) is 0 Å². The standard InChI is InChI=1S/C11H25N3O2S/c1-3-7-12-17(15,16)13-10-11(2)14-8-5-4-6-9-14/h11-13H,3-10H2,1-2H3. The normalized spacial score (nSPS) is 20.4. The fourth-order valence-corrected chi connectivity index (χ4v) is 3.04. The molecule has 0 spiro atoms. The van der Waals surface area contributed by atoms with Gasteiger partial charge in [0.05, 0.1) is 0 Å². The summed E-state index contributed by atoms with van der Waals surface area (Å²) < 4.78 is 28.2. The molecule has 2 N–H and O–H groups in total. The number of likely N-dealkylation sites (tertiary alicyclic amines) is 1. The van der Waals surface area contributed by atoms with E-state index in [9.17, 15) is 8.42 Å². The Morgan fingerprint density at radius 1 is 1.18 bits per heavy atom. The summed E-state index contributed by atoms with van der Waals surface area (Å²) in [5.74, 6) is 0. The molecule has 17 heavy (non-hydrogen) atoms. The molecule has 0 radical (unpaired) electrons. The van der Waals surface area contributed by atoms with Gasteiger partial charge in [-0.1, -0.05) is 13.3 Å². The van der Waals surface area contributed by atoms with E-state index < -0.39 is 10.2 Å². The predicted octanol–water partition coefficient (Wildman–Crippen LogP) is 0.695. The number of hydrogen-bond donors (Lipinski definition) is 2. The van der Waals surface area contributed by atoms with Gasteiger partial charge in [0.1, 0.15) is 0 Å². The number of rotatable bonds is 7. The first-order valence-corrected chi connectivity index (χ1v) is 8.02. The maximum atomic E-state index is 11.5. The Labute approximate surface area is 105 Å². The van der Waals surface area contributed by atoms with Gasteiger partial charge in [-0.25, -0.2) is 9.44 Å². The van der Waals surface area contributed by atoms with Gasteiger partial charge in [-0.2, -0.15) is 8.42 Å². The maximum Gasteiger partial charge on any atom is 0.276 e. The maximum absolute atomic E-state index is 11.5. The third kappa shape index (κ3) is 5.81. The van der Waals surface area contributed by atoms with Crippen LogP contribution in [0.5, 0.6) is 0 Å². The molecule has 1 unspecified atom stereocenters. The zero-order valence-corrected chi connectivity index (χ0v) is 11.7. The highest BCUT2D eigenvalue weighted by atomic mass is 32.2. The van der Waals surface area contributed by atoms with Gasteiger partial charge >= 0.3 is 0 Å². The molecule has 0 aliphatic carbocycles. The van der Waals surface area contributed by atoms with Crippen LogP contribution in [-0.2, 0) is 10.2 Å². The number of nitrogens with one attached hydrogen (secondary N) is 2. The van der Waals surface area contributed by atoms with Crippen LogP contribution in [-0.4, -0.2) is 45.5 Å². The second-order valence-corrected chi connectivity index (χ2v) is 6.28. The molecule has 1 aliphatic rings. The summed E-state index contributed by atoms with van der Waals surface area (Å²) in [5, 5.41) is 0. The molecule has 1 saturated heterocycles. The highest BCUT2D eigenvalue weighted by Crippen LogP contribution is 2.11. The minimum atomic E-state index is -3.30. The lowest BCUT2D eigenvalue weighted by Gasteiger charge is -2.32. The van der Waals surface area contributed by atoms with E-state index in [-0.39, 0.29) is 6.04 Å². The molecule has 5 nitrogen and oxygen atoms in total. The van der Waals surface area contributed by atoms with E-state index in [0.29, 0.717) is 13.1 Å². The summed E-state index contributed by atoms with van der Waals surface area (Å²) in [6, 6.07) is 0.272. The monoisotopic (exact) mass is 263 g/mol. The van der Waals surface area contributed by atoms with Crippen molar-refractivity contribution in [2.75, 3.05) is 26.2 Å². The van der Waals surface area contributed by atoms with E-state index in [2.05, 4.69) is 21.3 Å². The van der Waals surface area contributed by atoms with Crippen molar-refractivity contribution >= 4 is 10.2 Å². The molecular formula is C11H25N3O2S. The van der Waals surface area contributed by atoms with Crippen LogP contribution in [0.3, 0.4) is 0 Å². The molecule has 0 aromatic rings. The first-order chi connectivity index (χ1) is 8.05. The Morgan fingerprint density at radius 2 is 1.82 bits per heavy atom. The average molecular weight is 263 g/mol. The predicted molar refractivity (Wildman–Crippen MR) is 70.1 cm³/mol. The average Bonchev–Trinajstić information content (AvgIpc) is 2.35. The lowest BCUT2D eigenvalue weighted by Crippen LogP contribution is -2.47. The molecule has 0 bridgehead atoms. The molecule has 1 heterocycles. The Balaban J connectivity index is 2.28. The zero-order chi connectivity index (χ0) is 12.7. The quantitative estimate of drug-likeness (QED) is 0.710. The minimum Gasteiger partial charge on any atom is -0.299 e. The largest absolute Gasteiger partial charge is 0.299 e. The Hall–Kier alpha value is -0.170. The molecule has 0 saturated carbocycles. The summed E-state index contributed by atoms with van der Waals surface area (Å²) in [6.07, 6.45) is 4.56. The molecule has 1 atom stereocenters. The lowest BCUT2D eigenvalue weighted by molar-refractivity contribution is 0.175. The third-order valence-electron chi connectivity index (χ3n) is 3.12. The first kappa shape index (κ1) is 14.9. The van der Waals surface area contributed by atoms with Gasteiger partial charge in [0.25, 0.3) is 10.2 Å². The number of nitrogens with zero attached hydrogens (tertiary/aromatic N) is 1. The smallest absolute Gasteiger partial charge is 0.276 e. The van der Waals surface area contributed by atoms with Gasteiger partial charge in [0.15, 0.2) is 0 Å². The molecule has 0 amide bonds. The van der Waals surface area contributed by atoms with Crippen LogP contribution < -0.4 is 9.44 Å². The number of hydrogen-bond acceptors (Lipinski definition) is 3. The van der Waals surface area contributed by atoms with Crippen molar-refractivity contribution in [1.82, 2.24) is 14.3 Å². The molecule has 0 aromatic heterocycles. The molecular weight excluding hydrogens is 238 g/mol. The van der Waals surface area contributed by atoms with Crippen molar-refractivity contribution < 1.29 is 8.42 Å². The zero-order valence-electron chi connectivity index (χ0n) is 10.9. The van der Waals surface area contributed by atoms with Crippen molar-refractivity contribution in [2.24, 2.45) is 0 Å². The molecule has 1 rings (SSSR count). The van der Waals surface area contributed by atoms with Crippen LogP contribution in [0.15, 0.2) is 0 Å². The fraction of sp³-hybridized carbons (Fsp3) is 1.00. The van der Waals surface area contributed by atoms with Crippen LogP contribution in [0.2, 0.25) is 0 Å². The van der Waals surface area contributed by atoms with E-state index in [4.69, 9.17) is 0 Å². The van der Waals surface area contributed by atoms with Crippen LogP contribution in [0.1, 0.15) is 39.5 Å². The fourth-order valence-electron chi connectivity index (χ4n) is 2.01. The van der Waals surface area contributed by atoms with Gasteiger partial charge < -0.3 is 0 Å². The van der Waals surface area contributed by atoms with Crippen molar-refractivity contribution in [1.29, 1.82) is 0 Å². The van der Waals surface area contributed by atoms with Gasteiger partial charge in [0.2, 0.25) is 0 Å². The highest BCUT2D eigenvalue weighted by Gasteiger charge is 2.18. The van der Waals surface area contributed by atoms with Gasteiger partial charge in [-0.3, -0.25) is 4.90 Å². The van der Waals surface area contributed by atoms with Crippen molar-refractivity contribution in [3.05, 3.63) is 0 Å². The lowest BCUT2D eigenvalue weighted by atomic mass is 10.1. The SMILES string of the molecule is CCCNS(=O)(=O)NCC(C)N1CCCCC1. The van der Waals surface area contributed by atoms with Crippen LogP contribution >= 0.6 is 0 Å². The van der Waals surface area contributed by atoms with Gasteiger partial charge in [-0.15, -0.1) is 0 Å². The Kier molecular flexibility index (Phi) is 6.40. The van der Waals surface area contributed by atoms with E-state index in [1.165, 1.54) is 19.3 Å². The summed E-state index contributed by atoms with van der Waals surface area (Å²) >= 11 is 0. The summed E-state index contributed by atoms with van der Waals surface area (Å²) in [6.45, 7) is 7.18. The molecule has 1 aliphatic heterocycles. The third-order valence-corrected chi connectivity index (χ3v) is 4.26. The molecule has 6 heteroatoms. The van der Waals surface area contributed by atoms with Crippen molar-refractivity contribution in [2.45, 2.75) is 45.6 Å². The molecule has 1 fully saturated rings. The van der Waals surface area contributed by atoms with E-state index in [1.807, 2.05) is 6.92 Å². The topological polar surface area (TPSA) is 61.4 Å². The molecule has 102 valence electrons. The van der Waals surface area contributed by atoms with Crippen LogP contribution in [0, 0.1) is 0 Å². The second-order valence-electron chi connectivity index (χ2n) is 4.69. The number of piperidine rings is 1. The van der Waals surface area contributed by atoms with E-state index >= 15 is 0 Å². The Bertz CT molecular complexity index is 300. The summed E-state index contributed by atoms with van der Waals surface area (Å²) in [5.41, 5.74) is 0. The van der Waals surface area contributed by atoms with Gasteiger partial charge in [0, 0.05) is 19.1 Å². The summed E-state index contributed by atoms with van der Waals surface area (Å²) in [4.78, 5) is 2.35.